The van der Waals surface area contributed by atoms with Crippen LogP contribution in [0, 0.1) is 19.7 Å². The molecule has 4 rings (SSSR count). The fourth-order valence-electron chi connectivity index (χ4n) is 3.27. The molecule has 2 heterocycles. The third kappa shape index (κ3) is 3.32. The molecule has 2 aromatic heterocycles. The lowest BCUT2D eigenvalue weighted by atomic mass is 10.1. The number of aryl methyl sites for hydroxylation is 2. The number of carbonyl (C=O) groups excluding carboxylic acids is 1. The third-order valence-corrected chi connectivity index (χ3v) is 5.30. The molecule has 0 radical (unpaired) electrons. The van der Waals surface area contributed by atoms with Crippen LogP contribution in [0.25, 0.3) is 11.1 Å². The highest BCUT2D eigenvalue weighted by Gasteiger charge is 2.38. The molecule has 146 valence electrons. The van der Waals surface area contributed by atoms with E-state index in [4.69, 9.17) is 4.42 Å². The number of aromatic nitrogens is 2. The van der Waals surface area contributed by atoms with Gasteiger partial charge in [-0.1, -0.05) is 12.1 Å². The number of nitrogens with zero attached hydrogens (tertiary/aromatic N) is 3. The minimum absolute atomic E-state index is 0.00188. The number of rotatable bonds is 5. The topological polar surface area (TPSA) is 71.3 Å². The van der Waals surface area contributed by atoms with Gasteiger partial charge in [-0.05, 0) is 50.8 Å². The van der Waals surface area contributed by atoms with Gasteiger partial charge in [0.1, 0.15) is 23.7 Å². The Kier molecular flexibility index (Phi) is 4.33. The summed E-state index contributed by atoms with van der Waals surface area (Å²) >= 11 is 0. The lowest BCUT2D eigenvalue weighted by Crippen LogP contribution is -2.27. The normalized spacial score (nSPS) is 14.9. The van der Waals surface area contributed by atoms with Crippen LogP contribution in [-0.4, -0.2) is 33.4 Å². The van der Waals surface area contributed by atoms with Crippen LogP contribution in [0.15, 0.2) is 28.9 Å². The summed E-state index contributed by atoms with van der Waals surface area (Å²) in [5.74, 6) is 0.614. The van der Waals surface area contributed by atoms with E-state index in [0.29, 0.717) is 33.8 Å². The van der Waals surface area contributed by atoms with Crippen molar-refractivity contribution in [3.63, 3.8) is 0 Å². The minimum Gasteiger partial charge on any atom is -0.442 e. The highest BCUT2D eigenvalue weighted by atomic mass is 19.1. The van der Waals surface area contributed by atoms with E-state index in [2.05, 4.69) is 22.2 Å². The second-order valence-corrected chi connectivity index (χ2v) is 7.87. The first kappa shape index (κ1) is 18.4. The molecule has 0 unspecified atom stereocenters. The predicted molar refractivity (Wildman–Crippen MR) is 105 cm³/mol. The summed E-state index contributed by atoms with van der Waals surface area (Å²) in [5, 5.41) is 4.01. The maximum absolute atomic E-state index is 13.8. The summed E-state index contributed by atoms with van der Waals surface area (Å²) in [7, 11) is 1.69. The van der Waals surface area contributed by atoms with E-state index in [1.807, 2.05) is 6.07 Å². The molecule has 0 bridgehead atoms. The Bertz CT molecular complexity index is 1070. The number of fused-ring (bicyclic) bond motifs is 1. The SMILES string of the molecule is Cc1ccc(CN(C)C(=O)c2c(C)oc3ncnc(NC4(C)CC4)c23)cc1F. The molecule has 7 heteroatoms. The zero-order chi connectivity index (χ0) is 20.1. The van der Waals surface area contributed by atoms with Crippen molar-refractivity contribution >= 4 is 22.8 Å². The number of anilines is 1. The predicted octanol–water partition coefficient (Wildman–Crippen LogP) is 4.22. The molecule has 0 aliphatic heterocycles. The smallest absolute Gasteiger partial charge is 0.258 e. The van der Waals surface area contributed by atoms with Crippen molar-refractivity contribution in [1.29, 1.82) is 0 Å². The zero-order valence-electron chi connectivity index (χ0n) is 16.5. The Morgan fingerprint density at radius 3 is 2.75 bits per heavy atom. The van der Waals surface area contributed by atoms with Crippen molar-refractivity contribution in [2.24, 2.45) is 0 Å². The van der Waals surface area contributed by atoms with Gasteiger partial charge in [0.2, 0.25) is 5.71 Å². The average molecular weight is 382 g/mol. The number of furan rings is 1. The number of benzene rings is 1. The largest absolute Gasteiger partial charge is 0.442 e. The second-order valence-electron chi connectivity index (χ2n) is 7.87. The molecule has 3 aromatic rings. The van der Waals surface area contributed by atoms with Crippen LogP contribution >= 0.6 is 0 Å². The molecule has 6 nitrogen and oxygen atoms in total. The quantitative estimate of drug-likeness (QED) is 0.716. The molecule has 1 aromatic carbocycles. The van der Waals surface area contributed by atoms with Crippen LogP contribution in [0.2, 0.25) is 0 Å². The van der Waals surface area contributed by atoms with Crippen LogP contribution in [0.1, 0.15) is 47.0 Å². The summed E-state index contributed by atoms with van der Waals surface area (Å²) in [6.45, 7) is 5.87. The number of hydrogen-bond acceptors (Lipinski definition) is 5. The van der Waals surface area contributed by atoms with Crippen molar-refractivity contribution in [2.75, 3.05) is 12.4 Å². The lowest BCUT2D eigenvalue weighted by molar-refractivity contribution is 0.0785. The molecule has 1 saturated carbocycles. The van der Waals surface area contributed by atoms with Gasteiger partial charge in [-0.3, -0.25) is 4.79 Å². The van der Waals surface area contributed by atoms with E-state index in [-0.39, 0.29) is 23.8 Å². The summed E-state index contributed by atoms with van der Waals surface area (Å²) in [6.07, 6.45) is 3.54. The first-order valence-electron chi connectivity index (χ1n) is 9.30. The van der Waals surface area contributed by atoms with Crippen molar-refractivity contribution in [3.8, 4) is 0 Å². The van der Waals surface area contributed by atoms with Gasteiger partial charge in [0.15, 0.2) is 0 Å². The Labute approximate surface area is 162 Å². The van der Waals surface area contributed by atoms with Crippen molar-refractivity contribution in [2.45, 2.75) is 45.7 Å². The molecule has 0 saturated heterocycles. The zero-order valence-corrected chi connectivity index (χ0v) is 16.5. The fourth-order valence-corrected chi connectivity index (χ4v) is 3.27. The minimum atomic E-state index is -0.277. The van der Waals surface area contributed by atoms with Gasteiger partial charge >= 0.3 is 0 Å². The number of amides is 1. The molecule has 1 N–H and O–H groups in total. The van der Waals surface area contributed by atoms with Crippen LogP contribution in [0.4, 0.5) is 10.2 Å². The van der Waals surface area contributed by atoms with E-state index in [1.54, 1.807) is 31.9 Å². The lowest BCUT2D eigenvalue weighted by Gasteiger charge is -2.18. The fraction of sp³-hybridized carbons (Fsp3) is 0.381. The van der Waals surface area contributed by atoms with Gasteiger partial charge in [-0.15, -0.1) is 0 Å². The van der Waals surface area contributed by atoms with Crippen LogP contribution in [0.3, 0.4) is 0 Å². The van der Waals surface area contributed by atoms with Crippen LogP contribution in [-0.2, 0) is 6.54 Å². The van der Waals surface area contributed by atoms with E-state index in [9.17, 15) is 9.18 Å². The average Bonchev–Trinajstić information content (AvgIpc) is 3.26. The van der Waals surface area contributed by atoms with Gasteiger partial charge < -0.3 is 14.6 Å². The molecule has 1 aliphatic carbocycles. The Balaban J connectivity index is 1.68. The van der Waals surface area contributed by atoms with Crippen LogP contribution in [0.5, 0.6) is 0 Å². The standard InChI is InChI=1S/C21H23FN4O2/c1-12-5-6-14(9-15(12)22)10-26(4)20(27)16-13(2)28-19-17(16)18(23-11-24-19)25-21(3)7-8-21/h5-6,9,11H,7-8,10H2,1-4H3,(H,23,24,25). The number of nitrogens with one attached hydrogen (secondary N) is 1. The Hall–Kier alpha value is -2.96. The highest BCUT2D eigenvalue weighted by Crippen LogP contribution is 2.40. The third-order valence-electron chi connectivity index (χ3n) is 5.30. The molecular weight excluding hydrogens is 359 g/mol. The van der Waals surface area contributed by atoms with Gasteiger partial charge in [0.25, 0.3) is 5.91 Å². The van der Waals surface area contributed by atoms with Gasteiger partial charge in [-0.25, -0.2) is 14.4 Å². The van der Waals surface area contributed by atoms with E-state index in [1.165, 1.54) is 12.4 Å². The summed E-state index contributed by atoms with van der Waals surface area (Å²) in [5.41, 5.74) is 2.13. The monoisotopic (exact) mass is 382 g/mol. The maximum Gasteiger partial charge on any atom is 0.258 e. The Morgan fingerprint density at radius 1 is 1.32 bits per heavy atom. The van der Waals surface area contributed by atoms with E-state index < -0.39 is 0 Å². The molecular formula is C21H23FN4O2. The summed E-state index contributed by atoms with van der Waals surface area (Å²) < 4.78 is 19.6. The molecule has 1 fully saturated rings. The molecule has 28 heavy (non-hydrogen) atoms. The summed E-state index contributed by atoms with van der Waals surface area (Å²) in [6, 6.07) is 5.00. The van der Waals surface area contributed by atoms with Crippen molar-refractivity contribution < 1.29 is 13.6 Å². The first-order chi connectivity index (χ1) is 13.3. The number of halogens is 1. The molecule has 1 aliphatic rings. The Morgan fingerprint density at radius 2 is 2.07 bits per heavy atom. The maximum atomic E-state index is 13.8. The van der Waals surface area contributed by atoms with Crippen molar-refractivity contribution in [1.82, 2.24) is 14.9 Å². The number of hydrogen-bond donors (Lipinski definition) is 1. The van der Waals surface area contributed by atoms with Gasteiger partial charge in [0.05, 0.1) is 10.9 Å². The molecule has 0 spiro atoms. The highest BCUT2D eigenvalue weighted by molar-refractivity contribution is 6.10. The van der Waals surface area contributed by atoms with E-state index in [0.717, 1.165) is 18.4 Å². The van der Waals surface area contributed by atoms with Gasteiger partial charge in [0, 0.05) is 19.1 Å². The van der Waals surface area contributed by atoms with Gasteiger partial charge in [-0.2, -0.15) is 0 Å². The van der Waals surface area contributed by atoms with Crippen molar-refractivity contribution in [3.05, 3.63) is 52.8 Å². The number of carbonyl (C=O) groups is 1. The first-order valence-corrected chi connectivity index (χ1v) is 9.30. The second kappa shape index (κ2) is 6.58. The van der Waals surface area contributed by atoms with Crippen LogP contribution < -0.4 is 5.32 Å². The molecule has 1 amide bonds. The van der Waals surface area contributed by atoms with E-state index >= 15 is 0 Å². The molecule has 0 atom stereocenters. The summed E-state index contributed by atoms with van der Waals surface area (Å²) in [4.78, 5) is 23.3.